The summed E-state index contributed by atoms with van der Waals surface area (Å²) in [7, 11) is 0. The first kappa shape index (κ1) is 29.1. The zero-order valence-corrected chi connectivity index (χ0v) is 23.7. The number of esters is 1. The lowest BCUT2D eigenvalue weighted by atomic mass is 9.94. The maximum Gasteiger partial charge on any atom is 0.338 e. The van der Waals surface area contributed by atoms with Crippen LogP contribution in [0.2, 0.25) is 10.0 Å². The number of nitrogens with zero attached hydrogens (tertiary/aromatic N) is 3. The van der Waals surface area contributed by atoms with Gasteiger partial charge in [-0.2, -0.15) is 0 Å². The fraction of sp³-hybridized carbons (Fsp3) is 0.577. The maximum atomic E-state index is 13.3. The van der Waals surface area contributed by atoms with Crippen LogP contribution in [-0.2, 0) is 9.53 Å². The number of nitrogens with one attached hydrogen (secondary N) is 2. The van der Waals surface area contributed by atoms with Crippen LogP contribution in [-0.4, -0.2) is 84.1 Å². The Bertz CT molecular complexity index is 1060. The van der Waals surface area contributed by atoms with Crippen molar-refractivity contribution in [1.29, 1.82) is 0 Å². The molecule has 4 amide bonds. The van der Waals surface area contributed by atoms with E-state index in [-0.39, 0.29) is 29.2 Å². The summed E-state index contributed by atoms with van der Waals surface area (Å²) in [4.78, 5) is 44.8. The van der Waals surface area contributed by atoms with Gasteiger partial charge in [-0.25, -0.2) is 14.4 Å². The number of halogens is 2. The summed E-state index contributed by atoms with van der Waals surface area (Å²) in [5.74, 6) is -0.516. The van der Waals surface area contributed by atoms with Crippen molar-refractivity contribution < 1.29 is 19.1 Å². The molecule has 9 nitrogen and oxygen atoms in total. The lowest BCUT2D eigenvalue weighted by Crippen LogP contribution is -2.51. The van der Waals surface area contributed by atoms with Crippen LogP contribution in [0.15, 0.2) is 29.5 Å². The van der Waals surface area contributed by atoms with E-state index in [2.05, 4.69) is 15.5 Å². The van der Waals surface area contributed by atoms with Crippen LogP contribution in [0.5, 0.6) is 0 Å². The molecule has 0 bridgehead atoms. The maximum absolute atomic E-state index is 13.3. The molecule has 0 saturated carbocycles. The molecular weight excluding hydrogens is 517 g/mol. The SMILES string of the molecule is CCOC(=O)C1=C(CN2CCCN(C(=O)NC(C)(C)C)CC2)N(CC)C(=O)NC1c1cccc(Cl)c1Cl. The largest absolute Gasteiger partial charge is 0.463 e. The number of benzene rings is 1. The van der Waals surface area contributed by atoms with Crippen LogP contribution >= 0.6 is 23.2 Å². The summed E-state index contributed by atoms with van der Waals surface area (Å²) in [6.45, 7) is 12.8. The van der Waals surface area contributed by atoms with E-state index in [1.165, 1.54) is 0 Å². The lowest BCUT2D eigenvalue weighted by molar-refractivity contribution is -0.139. The fourth-order valence-electron chi connectivity index (χ4n) is 4.58. The molecule has 37 heavy (non-hydrogen) atoms. The highest BCUT2D eigenvalue weighted by Gasteiger charge is 2.39. The molecule has 0 aromatic heterocycles. The summed E-state index contributed by atoms with van der Waals surface area (Å²) in [6, 6.07) is 3.91. The van der Waals surface area contributed by atoms with Gasteiger partial charge in [-0.05, 0) is 52.7 Å². The van der Waals surface area contributed by atoms with Crippen LogP contribution in [0.4, 0.5) is 9.59 Å². The number of urea groups is 2. The molecule has 1 aromatic carbocycles. The van der Waals surface area contributed by atoms with Crippen LogP contribution in [0.25, 0.3) is 0 Å². The number of ether oxygens (including phenoxy) is 1. The molecule has 1 unspecified atom stereocenters. The van der Waals surface area contributed by atoms with Gasteiger partial charge in [0.05, 0.1) is 28.3 Å². The van der Waals surface area contributed by atoms with Gasteiger partial charge in [-0.15, -0.1) is 0 Å². The van der Waals surface area contributed by atoms with E-state index in [0.29, 0.717) is 61.1 Å². The van der Waals surface area contributed by atoms with Gasteiger partial charge < -0.3 is 20.3 Å². The van der Waals surface area contributed by atoms with E-state index in [1.807, 2.05) is 32.6 Å². The minimum Gasteiger partial charge on any atom is -0.463 e. The van der Waals surface area contributed by atoms with E-state index in [0.717, 1.165) is 6.42 Å². The third kappa shape index (κ3) is 7.09. The third-order valence-corrected chi connectivity index (χ3v) is 7.11. The molecule has 2 aliphatic rings. The van der Waals surface area contributed by atoms with Crippen LogP contribution in [0, 0.1) is 0 Å². The third-order valence-electron chi connectivity index (χ3n) is 6.27. The minimum atomic E-state index is -0.809. The number of hydrogen-bond donors (Lipinski definition) is 2. The topological polar surface area (TPSA) is 94.2 Å². The van der Waals surface area contributed by atoms with Crippen LogP contribution in [0.3, 0.4) is 0 Å². The predicted molar refractivity (Wildman–Crippen MR) is 145 cm³/mol. The molecule has 3 rings (SSSR count). The molecule has 2 N–H and O–H groups in total. The van der Waals surface area contributed by atoms with Gasteiger partial charge in [-0.1, -0.05) is 35.3 Å². The second-order valence-corrected chi connectivity index (χ2v) is 10.9. The molecule has 2 heterocycles. The Morgan fingerprint density at radius 2 is 1.86 bits per heavy atom. The monoisotopic (exact) mass is 553 g/mol. The average molecular weight is 555 g/mol. The van der Waals surface area contributed by atoms with Gasteiger partial charge in [0.25, 0.3) is 0 Å². The van der Waals surface area contributed by atoms with E-state index < -0.39 is 12.0 Å². The van der Waals surface area contributed by atoms with E-state index in [4.69, 9.17) is 27.9 Å². The summed E-state index contributed by atoms with van der Waals surface area (Å²) in [6.07, 6.45) is 0.765. The highest BCUT2D eigenvalue weighted by Crippen LogP contribution is 2.37. The Balaban J connectivity index is 1.96. The van der Waals surface area contributed by atoms with Gasteiger partial charge in [-0.3, -0.25) is 9.80 Å². The van der Waals surface area contributed by atoms with Crippen molar-refractivity contribution >= 4 is 41.2 Å². The lowest BCUT2D eigenvalue weighted by Gasteiger charge is -2.38. The smallest absolute Gasteiger partial charge is 0.338 e. The van der Waals surface area contributed by atoms with Crippen molar-refractivity contribution in [3.05, 3.63) is 45.1 Å². The number of carbonyl (C=O) groups excluding carboxylic acids is 3. The highest BCUT2D eigenvalue weighted by molar-refractivity contribution is 6.42. The standard InChI is InChI=1S/C26H37Cl2N5O4/c1-6-33-19(16-31-12-9-13-32(15-14-31)25(36)30-26(3,4)5)20(23(34)37-7-2)22(29-24(33)35)17-10-8-11-18(27)21(17)28/h8,10-11,22H,6-7,9,12-16H2,1-5H3,(H,29,35)(H,30,36). The predicted octanol–water partition coefficient (Wildman–Crippen LogP) is 4.41. The minimum absolute atomic E-state index is 0.0938. The summed E-state index contributed by atoms with van der Waals surface area (Å²) < 4.78 is 5.44. The molecule has 1 atom stereocenters. The Morgan fingerprint density at radius 1 is 1.14 bits per heavy atom. The van der Waals surface area contributed by atoms with Crippen LogP contribution < -0.4 is 10.6 Å². The first-order valence-corrected chi connectivity index (χ1v) is 13.4. The van der Waals surface area contributed by atoms with Gasteiger partial charge in [0.2, 0.25) is 0 Å². The van der Waals surface area contributed by atoms with Gasteiger partial charge in [0.15, 0.2) is 0 Å². The van der Waals surface area contributed by atoms with Crippen LogP contribution in [0.1, 0.15) is 52.6 Å². The van der Waals surface area contributed by atoms with Gasteiger partial charge in [0.1, 0.15) is 0 Å². The van der Waals surface area contributed by atoms with E-state index >= 15 is 0 Å². The molecule has 1 fully saturated rings. The number of carbonyl (C=O) groups is 3. The number of hydrogen-bond acceptors (Lipinski definition) is 5. The van der Waals surface area contributed by atoms with Crippen molar-refractivity contribution in [2.75, 3.05) is 45.9 Å². The Kier molecular flexibility index (Phi) is 9.72. The quantitative estimate of drug-likeness (QED) is 0.508. The Hall–Kier alpha value is -2.49. The Morgan fingerprint density at radius 3 is 2.51 bits per heavy atom. The number of rotatable bonds is 6. The highest BCUT2D eigenvalue weighted by atomic mass is 35.5. The summed E-state index contributed by atoms with van der Waals surface area (Å²) >= 11 is 12.8. The average Bonchev–Trinajstić information content (AvgIpc) is 3.05. The molecule has 11 heteroatoms. The molecule has 0 spiro atoms. The van der Waals surface area contributed by atoms with Gasteiger partial charge in [0, 0.05) is 50.5 Å². The van der Waals surface area contributed by atoms with Crippen molar-refractivity contribution in [2.45, 2.75) is 52.6 Å². The normalized spacial score (nSPS) is 19.4. The second-order valence-electron chi connectivity index (χ2n) is 10.1. The molecule has 0 aliphatic carbocycles. The molecular formula is C26H37Cl2N5O4. The first-order valence-electron chi connectivity index (χ1n) is 12.7. The van der Waals surface area contributed by atoms with Crippen molar-refractivity contribution in [1.82, 2.24) is 25.3 Å². The number of amides is 4. The number of likely N-dealkylation sites (N-methyl/N-ethyl adjacent to an activating group) is 1. The fourth-order valence-corrected chi connectivity index (χ4v) is 5.00. The van der Waals surface area contributed by atoms with Crippen molar-refractivity contribution in [2.24, 2.45) is 0 Å². The Labute approximate surface area is 229 Å². The van der Waals surface area contributed by atoms with Gasteiger partial charge >= 0.3 is 18.0 Å². The molecule has 0 radical (unpaired) electrons. The zero-order chi connectivity index (χ0) is 27.3. The molecule has 1 saturated heterocycles. The van der Waals surface area contributed by atoms with E-state index in [1.54, 1.807) is 30.0 Å². The summed E-state index contributed by atoms with van der Waals surface area (Å²) in [5, 5.41) is 6.54. The second kappa shape index (κ2) is 12.4. The molecule has 1 aromatic rings. The first-order chi connectivity index (χ1) is 17.5. The zero-order valence-electron chi connectivity index (χ0n) is 22.2. The van der Waals surface area contributed by atoms with E-state index in [9.17, 15) is 14.4 Å². The summed E-state index contributed by atoms with van der Waals surface area (Å²) in [5.41, 5.74) is 1.10. The van der Waals surface area contributed by atoms with Crippen molar-refractivity contribution in [3.63, 3.8) is 0 Å². The molecule has 2 aliphatic heterocycles. The molecule has 204 valence electrons. The van der Waals surface area contributed by atoms with Crippen molar-refractivity contribution in [3.8, 4) is 0 Å².